The highest BCUT2D eigenvalue weighted by molar-refractivity contribution is 5.20. The fraction of sp³-hybridized carbons (Fsp3) is 0.625. The normalized spacial score (nSPS) is 23.8. The number of hydrogen-bond acceptors (Lipinski definition) is 3. The van der Waals surface area contributed by atoms with Crippen molar-refractivity contribution >= 4 is 0 Å². The molecule has 0 bridgehead atoms. The number of ether oxygens (including phenoxy) is 1. The maximum atomic E-state index is 5.80. The summed E-state index contributed by atoms with van der Waals surface area (Å²) in [5.41, 5.74) is 0.192. The van der Waals surface area contributed by atoms with E-state index in [4.69, 9.17) is 4.74 Å². The molecule has 1 atom stereocenters. The molecule has 0 amide bonds. The number of hydrogen-bond donors (Lipinski definition) is 1. The second-order valence-electron chi connectivity index (χ2n) is 6.08. The van der Waals surface area contributed by atoms with Gasteiger partial charge in [0.2, 0.25) is 0 Å². The number of nitrogens with one attached hydrogen (secondary N) is 1. The summed E-state index contributed by atoms with van der Waals surface area (Å²) in [4.78, 5) is 2.53. The summed E-state index contributed by atoms with van der Waals surface area (Å²) < 4.78 is 5.80. The highest BCUT2D eigenvalue weighted by atomic mass is 16.5. The van der Waals surface area contributed by atoms with Crippen molar-refractivity contribution in [3.8, 4) is 5.75 Å². The van der Waals surface area contributed by atoms with Crippen LogP contribution in [0.15, 0.2) is 30.3 Å². The smallest absolute Gasteiger partial charge is 0.119 e. The lowest BCUT2D eigenvalue weighted by Gasteiger charge is -2.32. The summed E-state index contributed by atoms with van der Waals surface area (Å²) in [5, 5.41) is 3.61. The van der Waals surface area contributed by atoms with E-state index in [1.165, 1.54) is 6.42 Å². The highest BCUT2D eigenvalue weighted by Gasteiger charge is 2.27. The molecule has 1 unspecified atom stereocenters. The van der Waals surface area contributed by atoms with E-state index in [1.807, 2.05) is 30.3 Å². The first-order valence-electron chi connectivity index (χ1n) is 7.24. The molecular weight excluding hydrogens is 236 g/mol. The van der Waals surface area contributed by atoms with Crippen molar-refractivity contribution in [3.05, 3.63) is 30.3 Å². The molecular formula is C16H26N2O. The zero-order valence-electron chi connectivity index (χ0n) is 12.4. The van der Waals surface area contributed by atoms with E-state index in [0.29, 0.717) is 6.04 Å². The second kappa shape index (κ2) is 6.40. The zero-order chi connectivity index (χ0) is 13.7. The Morgan fingerprint density at radius 1 is 1.32 bits per heavy atom. The quantitative estimate of drug-likeness (QED) is 0.902. The third-order valence-electron chi connectivity index (χ3n) is 3.78. The van der Waals surface area contributed by atoms with Gasteiger partial charge in [0, 0.05) is 24.7 Å². The van der Waals surface area contributed by atoms with Crippen LogP contribution in [0.2, 0.25) is 0 Å². The molecule has 3 nitrogen and oxygen atoms in total. The Kier molecular flexibility index (Phi) is 4.83. The highest BCUT2D eigenvalue weighted by Crippen LogP contribution is 2.15. The third-order valence-corrected chi connectivity index (χ3v) is 3.78. The molecule has 1 fully saturated rings. The second-order valence-corrected chi connectivity index (χ2v) is 6.08. The number of benzene rings is 1. The maximum Gasteiger partial charge on any atom is 0.119 e. The minimum absolute atomic E-state index is 0.192. The average Bonchev–Trinajstić information content (AvgIpc) is 2.50. The minimum atomic E-state index is 0.192. The predicted octanol–water partition coefficient (Wildman–Crippen LogP) is 2.53. The fourth-order valence-corrected chi connectivity index (χ4v) is 2.62. The van der Waals surface area contributed by atoms with Crippen molar-refractivity contribution in [2.75, 3.05) is 26.2 Å². The molecule has 19 heavy (non-hydrogen) atoms. The molecule has 1 aliphatic rings. The van der Waals surface area contributed by atoms with Gasteiger partial charge >= 0.3 is 0 Å². The van der Waals surface area contributed by atoms with E-state index in [-0.39, 0.29) is 5.54 Å². The molecule has 0 aliphatic carbocycles. The van der Waals surface area contributed by atoms with Gasteiger partial charge in [-0.2, -0.15) is 0 Å². The van der Waals surface area contributed by atoms with Crippen molar-refractivity contribution in [2.45, 2.75) is 38.8 Å². The summed E-state index contributed by atoms with van der Waals surface area (Å²) in [5.74, 6) is 0.961. The van der Waals surface area contributed by atoms with E-state index < -0.39 is 0 Å². The number of nitrogens with zero attached hydrogens (tertiary/aromatic N) is 1. The Hall–Kier alpha value is -1.06. The standard InChI is InChI=1S/C16H26N2O/c1-14-9-10-17-16(2,3)13-18(14)11-12-19-15-7-5-4-6-8-15/h4-8,14,17H,9-13H2,1-3H3. The summed E-state index contributed by atoms with van der Waals surface area (Å²) in [7, 11) is 0. The van der Waals surface area contributed by atoms with Crippen LogP contribution in [0, 0.1) is 0 Å². The molecule has 0 radical (unpaired) electrons. The average molecular weight is 262 g/mol. The van der Waals surface area contributed by atoms with E-state index in [0.717, 1.165) is 32.0 Å². The van der Waals surface area contributed by atoms with Crippen LogP contribution in [-0.2, 0) is 0 Å². The Labute approximate surface area is 116 Å². The third kappa shape index (κ3) is 4.51. The van der Waals surface area contributed by atoms with Gasteiger partial charge in [-0.3, -0.25) is 4.90 Å². The molecule has 3 heteroatoms. The molecule has 1 aromatic carbocycles. The summed E-state index contributed by atoms with van der Waals surface area (Å²) in [6.07, 6.45) is 1.20. The van der Waals surface area contributed by atoms with E-state index in [1.54, 1.807) is 0 Å². The van der Waals surface area contributed by atoms with E-state index in [9.17, 15) is 0 Å². The van der Waals surface area contributed by atoms with Crippen molar-refractivity contribution in [2.24, 2.45) is 0 Å². The van der Waals surface area contributed by atoms with E-state index in [2.05, 4.69) is 31.0 Å². The number of para-hydroxylation sites is 1. The lowest BCUT2D eigenvalue weighted by Crippen LogP contribution is -2.48. The van der Waals surface area contributed by atoms with Gasteiger partial charge in [-0.1, -0.05) is 18.2 Å². The van der Waals surface area contributed by atoms with Crippen LogP contribution in [0.4, 0.5) is 0 Å². The van der Waals surface area contributed by atoms with Crippen molar-refractivity contribution in [1.82, 2.24) is 10.2 Å². The van der Waals surface area contributed by atoms with Crippen LogP contribution < -0.4 is 10.1 Å². The predicted molar refractivity (Wildman–Crippen MR) is 79.7 cm³/mol. The van der Waals surface area contributed by atoms with Crippen LogP contribution in [0.1, 0.15) is 27.2 Å². The molecule has 1 aromatic rings. The molecule has 0 aromatic heterocycles. The molecule has 1 saturated heterocycles. The van der Waals surface area contributed by atoms with Gasteiger partial charge < -0.3 is 10.1 Å². The van der Waals surface area contributed by atoms with Crippen LogP contribution >= 0.6 is 0 Å². The molecule has 0 spiro atoms. The van der Waals surface area contributed by atoms with Crippen LogP contribution in [0.3, 0.4) is 0 Å². The summed E-state index contributed by atoms with van der Waals surface area (Å²) in [6.45, 7) is 10.8. The topological polar surface area (TPSA) is 24.5 Å². The molecule has 1 N–H and O–H groups in total. The van der Waals surface area contributed by atoms with Crippen LogP contribution in [0.5, 0.6) is 5.75 Å². The molecule has 106 valence electrons. The Morgan fingerprint density at radius 3 is 2.79 bits per heavy atom. The molecule has 2 rings (SSSR count). The van der Waals surface area contributed by atoms with Crippen LogP contribution in [-0.4, -0.2) is 42.7 Å². The van der Waals surface area contributed by atoms with Crippen LogP contribution in [0.25, 0.3) is 0 Å². The zero-order valence-corrected chi connectivity index (χ0v) is 12.4. The van der Waals surface area contributed by atoms with Gasteiger partial charge in [-0.25, -0.2) is 0 Å². The molecule has 1 aliphatic heterocycles. The Morgan fingerprint density at radius 2 is 2.05 bits per heavy atom. The number of rotatable bonds is 4. The maximum absolute atomic E-state index is 5.80. The lowest BCUT2D eigenvalue weighted by molar-refractivity contribution is 0.149. The Balaban J connectivity index is 1.83. The summed E-state index contributed by atoms with van der Waals surface area (Å²) >= 11 is 0. The minimum Gasteiger partial charge on any atom is -0.492 e. The SMILES string of the molecule is CC1CCNC(C)(C)CN1CCOc1ccccc1. The largest absolute Gasteiger partial charge is 0.492 e. The first-order valence-corrected chi connectivity index (χ1v) is 7.24. The van der Waals surface area contributed by atoms with Crippen molar-refractivity contribution in [3.63, 3.8) is 0 Å². The van der Waals surface area contributed by atoms with Gasteiger partial charge in [0.15, 0.2) is 0 Å². The van der Waals surface area contributed by atoms with Crippen molar-refractivity contribution in [1.29, 1.82) is 0 Å². The van der Waals surface area contributed by atoms with Gasteiger partial charge in [0.1, 0.15) is 12.4 Å². The van der Waals surface area contributed by atoms with Gasteiger partial charge in [-0.05, 0) is 45.9 Å². The first-order chi connectivity index (χ1) is 9.07. The van der Waals surface area contributed by atoms with E-state index >= 15 is 0 Å². The molecule has 0 saturated carbocycles. The Bertz CT molecular complexity index is 378. The molecule has 1 heterocycles. The van der Waals surface area contributed by atoms with Gasteiger partial charge in [0.05, 0.1) is 0 Å². The first kappa shape index (κ1) is 14.4. The fourth-order valence-electron chi connectivity index (χ4n) is 2.62. The van der Waals surface area contributed by atoms with Crippen molar-refractivity contribution < 1.29 is 4.74 Å². The lowest BCUT2D eigenvalue weighted by atomic mass is 10.1. The monoisotopic (exact) mass is 262 g/mol. The summed E-state index contributed by atoms with van der Waals surface area (Å²) in [6, 6.07) is 10.7. The van der Waals surface area contributed by atoms with Gasteiger partial charge in [-0.15, -0.1) is 0 Å². The van der Waals surface area contributed by atoms with Gasteiger partial charge in [0.25, 0.3) is 0 Å².